The smallest absolute Gasteiger partial charge is 0.129 e. The summed E-state index contributed by atoms with van der Waals surface area (Å²) in [7, 11) is 8.15. The Bertz CT molecular complexity index is 1510. The zero-order valence-corrected chi connectivity index (χ0v) is 27.1. The molecule has 0 radical (unpaired) electrons. The number of halogens is 2. The summed E-state index contributed by atoms with van der Waals surface area (Å²) in [5, 5.41) is 0. The third-order valence-corrected chi connectivity index (χ3v) is 8.02. The van der Waals surface area contributed by atoms with Gasteiger partial charge in [-0.1, -0.05) is 54.2 Å². The number of hydrogen-bond donors (Lipinski definition) is 0. The van der Waals surface area contributed by atoms with Crippen molar-refractivity contribution in [1.82, 2.24) is 9.80 Å². The van der Waals surface area contributed by atoms with Crippen LogP contribution < -0.4 is 4.90 Å². The molecule has 4 rings (SSSR count). The summed E-state index contributed by atoms with van der Waals surface area (Å²) in [6.07, 6.45) is 17.2. The van der Waals surface area contributed by atoms with Gasteiger partial charge in [0.2, 0.25) is 0 Å². The molecule has 0 heterocycles. The highest BCUT2D eigenvalue weighted by Crippen LogP contribution is 2.34. The molecule has 0 saturated heterocycles. The van der Waals surface area contributed by atoms with Crippen LogP contribution >= 0.6 is 0 Å². The van der Waals surface area contributed by atoms with E-state index in [1.807, 2.05) is 14.1 Å². The monoisotopic (exact) mass is 596 g/mol. The molecule has 0 N–H and O–H groups in total. The Balaban J connectivity index is 1.92. The SMILES string of the molecule is C=N/C(=C(/C1=CCC=C(CN(C)C)C=C1)N(CC1=CCCCC(C)=C1)Cc1cc(F)c(C)c(F)c1)c1ccc(N(C)C)cc1. The second-order valence-corrected chi connectivity index (χ2v) is 12.2. The van der Waals surface area contributed by atoms with Gasteiger partial charge in [0.05, 0.1) is 11.4 Å². The van der Waals surface area contributed by atoms with Gasteiger partial charge in [-0.05, 0) is 107 Å². The molecule has 0 fully saturated rings. The van der Waals surface area contributed by atoms with Crippen LogP contribution in [0.15, 0.2) is 106 Å². The van der Waals surface area contributed by atoms with E-state index in [0.717, 1.165) is 60.4 Å². The van der Waals surface area contributed by atoms with Crippen molar-refractivity contribution in [1.29, 1.82) is 0 Å². The van der Waals surface area contributed by atoms with Gasteiger partial charge in [0.25, 0.3) is 0 Å². The maximum absolute atomic E-state index is 14.8. The van der Waals surface area contributed by atoms with Crippen LogP contribution in [0.25, 0.3) is 5.70 Å². The summed E-state index contributed by atoms with van der Waals surface area (Å²) in [6, 6.07) is 11.2. The molecule has 0 unspecified atom stereocenters. The van der Waals surface area contributed by atoms with Crippen molar-refractivity contribution in [3.05, 3.63) is 129 Å². The van der Waals surface area contributed by atoms with E-state index in [1.54, 1.807) is 0 Å². The molecule has 0 bridgehead atoms. The van der Waals surface area contributed by atoms with Crippen molar-refractivity contribution in [3.63, 3.8) is 0 Å². The van der Waals surface area contributed by atoms with Crippen molar-refractivity contribution < 1.29 is 8.78 Å². The molecule has 2 aromatic rings. The van der Waals surface area contributed by atoms with E-state index in [0.29, 0.717) is 18.7 Å². The molecule has 44 heavy (non-hydrogen) atoms. The average molecular weight is 597 g/mol. The Kier molecular flexibility index (Phi) is 11.3. The van der Waals surface area contributed by atoms with E-state index in [2.05, 4.69) is 108 Å². The molecule has 2 aromatic carbocycles. The Morgan fingerprint density at radius 3 is 2.20 bits per heavy atom. The Morgan fingerprint density at radius 1 is 0.864 bits per heavy atom. The molecular weight excluding hydrogens is 550 g/mol. The van der Waals surface area contributed by atoms with Crippen LogP contribution in [-0.2, 0) is 6.54 Å². The predicted octanol–water partition coefficient (Wildman–Crippen LogP) is 8.64. The first-order chi connectivity index (χ1) is 21.0. The van der Waals surface area contributed by atoms with Crippen LogP contribution in [0, 0.1) is 18.6 Å². The van der Waals surface area contributed by atoms with Crippen molar-refractivity contribution in [2.45, 2.75) is 46.1 Å². The first kappa shape index (κ1) is 32.9. The molecule has 232 valence electrons. The van der Waals surface area contributed by atoms with Crippen LogP contribution in [0.2, 0.25) is 0 Å². The van der Waals surface area contributed by atoms with Crippen LogP contribution in [-0.4, -0.2) is 57.8 Å². The highest BCUT2D eigenvalue weighted by Gasteiger charge is 2.22. The molecule has 0 aliphatic heterocycles. The molecule has 0 atom stereocenters. The maximum atomic E-state index is 14.8. The summed E-state index contributed by atoms with van der Waals surface area (Å²) in [5.74, 6) is -1.08. The van der Waals surface area contributed by atoms with E-state index in [-0.39, 0.29) is 5.56 Å². The zero-order chi connectivity index (χ0) is 31.8. The largest absolute Gasteiger partial charge is 0.378 e. The maximum Gasteiger partial charge on any atom is 0.129 e. The first-order valence-corrected chi connectivity index (χ1v) is 15.3. The summed E-state index contributed by atoms with van der Waals surface area (Å²) >= 11 is 0. The van der Waals surface area contributed by atoms with Gasteiger partial charge in [0.1, 0.15) is 11.6 Å². The minimum absolute atomic E-state index is 0.0319. The lowest BCUT2D eigenvalue weighted by Gasteiger charge is -2.31. The van der Waals surface area contributed by atoms with Gasteiger partial charge in [-0.15, -0.1) is 0 Å². The van der Waals surface area contributed by atoms with E-state index in [4.69, 9.17) is 0 Å². The second-order valence-electron chi connectivity index (χ2n) is 12.2. The van der Waals surface area contributed by atoms with Crippen LogP contribution in [0.5, 0.6) is 0 Å². The molecule has 2 aliphatic carbocycles. The van der Waals surface area contributed by atoms with Crippen LogP contribution in [0.3, 0.4) is 0 Å². The molecule has 0 spiro atoms. The highest BCUT2D eigenvalue weighted by molar-refractivity contribution is 5.76. The first-order valence-electron chi connectivity index (χ1n) is 15.3. The molecule has 0 aromatic heterocycles. The number of hydrogen-bond acceptors (Lipinski definition) is 4. The number of allylic oxidation sites excluding steroid dienone is 5. The van der Waals surface area contributed by atoms with Gasteiger partial charge in [-0.2, -0.15) is 0 Å². The molecular formula is C38H46F2N4. The number of aliphatic imine (C=N–C) groups is 1. The van der Waals surface area contributed by atoms with Gasteiger partial charge in [-0.25, -0.2) is 8.78 Å². The fourth-order valence-electron chi connectivity index (χ4n) is 5.69. The third-order valence-electron chi connectivity index (χ3n) is 8.02. The van der Waals surface area contributed by atoms with Crippen molar-refractivity contribution in [2.24, 2.45) is 4.99 Å². The van der Waals surface area contributed by atoms with E-state index in [1.165, 1.54) is 35.8 Å². The third kappa shape index (κ3) is 8.54. The van der Waals surface area contributed by atoms with Gasteiger partial charge < -0.3 is 14.7 Å². The number of benzene rings is 2. The fraction of sp³-hybridized carbons (Fsp3) is 0.342. The van der Waals surface area contributed by atoms with Gasteiger partial charge >= 0.3 is 0 Å². The second kappa shape index (κ2) is 15.1. The Morgan fingerprint density at radius 2 is 1.57 bits per heavy atom. The highest BCUT2D eigenvalue weighted by atomic mass is 19.1. The Hall–Kier alpha value is -4.03. The van der Waals surface area contributed by atoms with Crippen molar-refractivity contribution in [3.8, 4) is 0 Å². The van der Waals surface area contributed by atoms with Gasteiger partial charge in [0, 0.05) is 50.5 Å². The minimum atomic E-state index is -0.539. The lowest BCUT2D eigenvalue weighted by Crippen LogP contribution is -2.27. The normalized spacial score (nSPS) is 15.8. The van der Waals surface area contributed by atoms with Crippen molar-refractivity contribution in [2.75, 3.05) is 46.2 Å². The lowest BCUT2D eigenvalue weighted by atomic mass is 10.00. The summed E-state index contributed by atoms with van der Waals surface area (Å²) in [5.41, 5.74) is 8.95. The molecule has 4 nitrogen and oxygen atoms in total. The Labute approximate surface area is 262 Å². The number of rotatable bonds is 11. The van der Waals surface area contributed by atoms with Crippen LogP contribution in [0.1, 0.15) is 49.3 Å². The number of likely N-dealkylation sites (N-methyl/N-ethyl adjacent to an activating group) is 1. The predicted molar refractivity (Wildman–Crippen MR) is 183 cm³/mol. The fourth-order valence-corrected chi connectivity index (χ4v) is 5.69. The van der Waals surface area contributed by atoms with E-state index < -0.39 is 11.6 Å². The van der Waals surface area contributed by atoms with Crippen molar-refractivity contribution >= 4 is 18.1 Å². The zero-order valence-electron chi connectivity index (χ0n) is 27.1. The van der Waals surface area contributed by atoms with E-state index >= 15 is 0 Å². The van der Waals surface area contributed by atoms with E-state index in [9.17, 15) is 8.78 Å². The topological polar surface area (TPSA) is 22.1 Å². The number of nitrogens with zero attached hydrogens (tertiary/aromatic N) is 4. The summed E-state index contributed by atoms with van der Waals surface area (Å²) in [6.45, 7) is 9.35. The standard InChI is InChI=1S/C38H46F2N4/c1-27-11-8-9-12-30(21-27)25-44(26-31-22-35(39)28(2)36(40)23-31)38(33-14-10-13-29(15-16-33)24-42(4)5)37(41-3)32-17-19-34(20-18-32)43(6)7/h12-23H,3,8-11,24-26H2,1-2,4-7H3/b38-37-. The average Bonchev–Trinajstić information content (AvgIpc) is 3.33. The molecule has 2 aliphatic rings. The minimum Gasteiger partial charge on any atom is -0.378 e. The van der Waals surface area contributed by atoms with Gasteiger partial charge in [-0.3, -0.25) is 4.99 Å². The number of anilines is 1. The summed E-state index contributed by atoms with van der Waals surface area (Å²) in [4.78, 5) is 11.1. The van der Waals surface area contributed by atoms with Crippen LogP contribution in [0.4, 0.5) is 14.5 Å². The van der Waals surface area contributed by atoms with Gasteiger partial charge in [0.15, 0.2) is 0 Å². The summed E-state index contributed by atoms with van der Waals surface area (Å²) < 4.78 is 29.7. The molecule has 0 amide bonds. The molecule has 6 heteroatoms. The lowest BCUT2D eigenvalue weighted by molar-refractivity contribution is 0.374. The quantitative estimate of drug-likeness (QED) is 0.243. The molecule has 0 saturated carbocycles.